The van der Waals surface area contributed by atoms with E-state index in [0.29, 0.717) is 5.56 Å². The van der Waals surface area contributed by atoms with Crippen LogP contribution in [0, 0.1) is 5.92 Å². The molecule has 4 rings (SSSR count). The third kappa shape index (κ3) is 5.51. The van der Waals surface area contributed by atoms with Gasteiger partial charge in [0.25, 0.3) is 5.91 Å². The van der Waals surface area contributed by atoms with Crippen molar-refractivity contribution >= 4 is 35.0 Å². The first-order chi connectivity index (χ1) is 15.6. The van der Waals surface area contributed by atoms with Gasteiger partial charge in [0.05, 0.1) is 11.4 Å². The standard InChI is InChI=1S/C26H27N3O2S/c27-25(30)20-14-16-29(17-15-20)24-9-5-4-8-23(24)28-26(31)21-10-12-22(13-11-21)32-18-19-6-2-1-3-7-19/h1-13,20H,14-18H2,(H2,27,30)(H,28,31). The predicted molar refractivity (Wildman–Crippen MR) is 131 cm³/mol. The highest BCUT2D eigenvalue weighted by molar-refractivity contribution is 7.98. The van der Waals surface area contributed by atoms with E-state index in [1.807, 2.05) is 66.7 Å². The summed E-state index contributed by atoms with van der Waals surface area (Å²) in [6.45, 7) is 1.49. The van der Waals surface area contributed by atoms with Gasteiger partial charge in [-0.05, 0) is 54.8 Å². The molecule has 2 amide bonds. The zero-order chi connectivity index (χ0) is 22.3. The van der Waals surface area contributed by atoms with Crippen LogP contribution in [-0.4, -0.2) is 24.9 Å². The zero-order valence-electron chi connectivity index (χ0n) is 17.9. The van der Waals surface area contributed by atoms with Crippen LogP contribution < -0.4 is 16.0 Å². The summed E-state index contributed by atoms with van der Waals surface area (Å²) in [5.41, 5.74) is 9.10. The summed E-state index contributed by atoms with van der Waals surface area (Å²) < 4.78 is 0. The normalized spacial score (nSPS) is 14.2. The van der Waals surface area contributed by atoms with Crippen molar-refractivity contribution in [2.24, 2.45) is 11.7 Å². The summed E-state index contributed by atoms with van der Waals surface area (Å²) in [4.78, 5) is 27.7. The lowest BCUT2D eigenvalue weighted by molar-refractivity contribution is -0.122. The van der Waals surface area contributed by atoms with Crippen LogP contribution in [-0.2, 0) is 10.5 Å². The summed E-state index contributed by atoms with van der Waals surface area (Å²) >= 11 is 1.75. The molecule has 1 saturated heterocycles. The minimum atomic E-state index is -0.225. The largest absolute Gasteiger partial charge is 0.370 e. The lowest BCUT2D eigenvalue weighted by Gasteiger charge is -2.33. The van der Waals surface area contributed by atoms with Gasteiger partial charge in [0, 0.05) is 35.2 Å². The van der Waals surface area contributed by atoms with E-state index in [0.717, 1.165) is 48.0 Å². The number of carbonyl (C=O) groups is 2. The number of para-hydroxylation sites is 2. The minimum Gasteiger partial charge on any atom is -0.370 e. The van der Waals surface area contributed by atoms with E-state index in [9.17, 15) is 9.59 Å². The van der Waals surface area contributed by atoms with E-state index >= 15 is 0 Å². The molecule has 1 heterocycles. The zero-order valence-corrected chi connectivity index (χ0v) is 18.7. The lowest BCUT2D eigenvalue weighted by atomic mass is 9.96. The molecule has 3 aromatic rings. The lowest BCUT2D eigenvalue weighted by Crippen LogP contribution is -2.38. The molecule has 0 saturated carbocycles. The first-order valence-corrected chi connectivity index (χ1v) is 11.8. The van der Waals surface area contributed by atoms with E-state index in [2.05, 4.69) is 22.3 Å². The SMILES string of the molecule is NC(=O)C1CCN(c2ccccc2NC(=O)c2ccc(SCc3ccccc3)cc2)CC1. The van der Waals surface area contributed by atoms with E-state index in [1.54, 1.807) is 11.8 Å². The molecule has 6 heteroatoms. The Morgan fingerprint density at radius 1 is 0.906 bits per heavy atom. The Labute approximate surface area is 193 Å². The molecule has 0 aliphatic carbocycles. The highest BCUT2D eigenvalue weighted by Crippen LogP contribution is 2.30. The number of thioether (sulfide) groups is 1. The van der Waals surface area contributed by atoms with Crippen LogP contribution in [0.3, 0.4) is 0 Å². The third-order valence-corrected chi connectivity index (χ3v) is 6.84. The maximum atomic E-state index is 12.9. The van der Waals surface area contributed by atoms with Gasteiger partial charge in [-0.15, -0.1) is 11.8 Å². The minimum absolute atomic E-state index is 0.0636. The number of anilines is 2. The third-order valence-electron chi connectivity index (χ3n) is 5.76. The fourth-order valence-corrected chi connectivity index (χ4v) is 4.75. The van der Waals surface area contributed by atoms with Gasteiger partial charge < -0.3 is 16.0 Å². The molecule has 5 nitrogen and oxygen atoms in total. The Kier molecular flexibility index (Phi) is 7.12. The number of hydrogen-bond acceptors (Lipinski definition) is 4. The number of carbonyl (C=O) groups excluding carboxylic acids is 2. The van der Waals surface area contributed by atoms with Gasteiger partial charge in [-0.25, -0.2) is 0 Å². The molecule has 3 N–H and O–H groups in total. The maximum absolute atomic E-state index is 12.9. The quantitative estimate of drug-likeness (QED) is 0.506. The number of nitrogens with zero attached hydrogens (tertiary/aromatic N) is 1. The highest BCUT2D eigenvalue weighted by Gasteiger charge is 2.24. The molecule has 0 radical (unpaired) electrons. The average Bonchev–Trinajstić information content (AvgIpc) is 2.84. The van der Waals surface area contributed by atoms with Crippen LogP contribution in [0.5, 0.6) is 0 Å². The van der Waals surface area contributed by atoms with Gasteiger partial charge in [0.2, 0.25) is 5.91 Å². The summed E-state index contributed by atoms with van der Waals surface area (Å²) in [5, 5.41) is 3.06. The van der Waals surface area contributed by atoms with Gasteiger partial charge in [0.15, 0.2) is 0 Å². The van der Waals surface area contributed by atoms with Crippen molar-refractivity contribution in [2.75, 3.05) is 23.3 Å². The smallest absolute Gasteiger partial charge is 0.255 e. The van der Waals surface area contributed by atoms with E-state index in [4.69, 9.17) is 5.73 Å². The molecular formula is C26H27N3O2S. The number of piperidine rings is 1. The Morgan fingerprint density at radius 3 is 2.25 bits per heavy atom. The molecule has 0 aromatic heterocycles. The van der Waals surface area contributed by atoms with Gasteiger partial charge >= 0.3 is 0 Å². The summed E-state index contributed by atoms with van der Waals surface area (Å²) in [6.07, 6.45) is 1.47. The molecule has 0 unspecified atom stereocenters. The van der Waals surface area contributed by atoms with Crippen molar-refractivity contribution in [2.45, 2.75) is 23.5 Å². The van der Waals surface area contributed by atoms with Crippen molar-refractivity contribution in [3.8, 4) is 0 Å². The van der Waals surface area contributed by atoms with Crippen molar-refractivity contribution in [3.63, 3.8) is 0 Å². The van der Waals surface area contributed by atoms with Gasteiger partial charge in [-0.2, -0.15) is 0 Å². The predicted octanol–water partition coefficient (Wildman–Crippen LogP) is 4.93. The second-order valence-electron chi connectivity index (χ2n) is 7.93. The van der Waals surface area contributed by atoms with Crippen LogP contribution >= 0.6 is 11.8 Å². The second kappa shape index (κ2) is 10.4. The fraction of sp³-hybridized carbons (Fsp3) is 0.231. The molecule has 3 aromatic carbocycles. The number of primary amides is 1. The Balaban J connectivity index is 1.38. The molecule has 32 heavy (non-hydrogen) atoms. The number of nitrogens with two attached hydrogens (primary N) is 1. The van der Waals surface area contributed by atoms with Crippen LogP contribution in [0.15, 0.2) is 83.8 Å². The van der Waals surface area contributed by atoms with Gasteiger partial charge in [-0.3, -0.25) is 9.59 Å². The Hall–Kier alpha value is -3.25. The topological polar surface area (TPSA) is 75.4 Å². The van der Waals surface area contributed by atoms with Crippen LogP contribution in [0.4, 0.5) is 11.4 Å². The molecule has 164 valence electrons. The monoisotopic (exact) mass is 445 g/mol. The fourth-order valence-electron chi connectivity index (χ4n) is 3.90. The van der Waals surface area contributed by atoms with Gasteiger partial charge in [0.1, 0.15) is 0 Å². The summed E-state index contributed by atoms with van der Waals surface area (Å²) in [5.74, 6) is 0.471. The molecule has 0 bridgehead atoms. The Morgan fingerprint density at radius 2 is 1.56 bits per heavy atom. The number of hydrogen-bond donors (Lipinski definition) is 2. The molecule has 0 atom stereocenters. The van der Waals surface area contributed by atoms with E-state index in [1.165, 1.54) is 5.56 Å². The van der Waals surface area contributed by atoms with Crippen molar-refractivity contribution in [1.82, 2.24) is 0 Å². The van der Waals surface area contributed by atoms with E-state index < -0.39 is 0 Å². The molecule has 0 spiro atoms. The number of amides is 2. The number of rotatable bonds is 7. The van der Waals surface area contributed by atoms with Crippen LogP contribution in [0.2, 0.25) is 0 Å². The molecular weight excluding hydrogens is 418 g/mol. The summed E-state index contributed by atoms with van der Waals surface area (Å²) in [7, 11) is 0. The van der Waals surface area contributed by atoms with Gasteiger partial charge in [-0.1, -0.05) is 42.5 Å². The van der Waals surface area contributed by atoms with E-state index in [-0.39, 0.29) is 17.7 Å². The van der Waals surface area contributed by atoms with Crippen LogP contribution in [0.1, 0.15) is 28.8 Å². The molecule has 1 fully saturated rings. The van der Waals surface area contributed by atoms with Crippen molar-refractivity contribution < 1.29 is 9.59 Å². The molecule has 1 aliphatic heterocycles. The number of nitrogens with one attached hydrogen (secondary N) is 1. The van der Waals surface area contributed by atoms with Crippen LogP contribution in [0.25, 0.3) is 0 Å². The van der Waals surface area contributed by atoms with Crippen molar-refractivity contribution in [1.29, 1.82) is 0 Å². The maximum Gasteiger partial charge on any atom is 0.255 e. The first kappa shape index (κ1) is 22.0. The molecule has 1 aliphatic rings. The first-order valence-electron chi connectivity index (χ1n) is 10.8. The highest BCUT2D eigenvalue weighted by atomic mass is 32.2. The average molecular weight is 446 g/mol. The summed E-state index contributed by atoms with van der Waals surface area (Å²) in [6, 6.07) is 25.8. The van der Waals surface area contributed by atoms with Crippen molar-refractivity contribution in [3.05, 3.63) is 90.0 Å². The second-order valence-corrected chi connectivity index (χ2v) is 8.98. The number of benzene rings is 3. The Bertz CT molecular complexity index is 1060.